The normalized spacial score (nSPS) is 12.6. The van der Waals surface area contributed by atoms with Crippen LogP contribution in [0.15, 0.2) is 48.5 Å². The lowest BCUT2D eigenvalue weighted by Crippen LogP contribution is -2.30. The van der Waals surface area contributed by atoms with E-state index in [9.17, 15) is 18.0 Å². The summed E-state index contributed by atoms with van der Waals surface area (Å²) in [5.74, 6) is -0.308. The number of rotatable bonds is 6. The summed E-state index contributed by atoms with van der Waals surface area (Å²) in [6, 6.07) is 12.4. The molecule has 1 N–H and O–H groups in total. The van der Waals surface area contributed by atoms with Crippen molar-refractivity contribution in [3.05, 3.63) is 65.2 Å². The quantitative estimate of drug-likeness (QED) is 0.680. The van der Waals surface area contributed by atoms with Gasteiger partial charge in [0.15, 0.2) is 0 Å². The molecule has 0 radical (unpaired) electrons. The van der Waals surface area contributed by atoms with Gasteiger partial charge in [-0.1, -0.05) is 43.3 Å². The number of aryl methyl sites for hydroxylation is 1. The molecule has 1 aromatic heterocycles. The van der Waals surface area contributed by atoms with Crippen LogP contribution in [0.1, 0.15) is 36.6 Å². The Hall–Kier alpha value is -3.23. The second-order valence-electron chi connectivity index (χ2n) is 6.61. The zero-order valence-corrected chi connectivity index (χ0v) is 15.9. The number of hydrogen-bond donors (Lipinski definition) is 1. The first-order valence-corrected chi connectivity index (χ1v) is 9.10. The molecule has 0 saturated carbocycles. The minimum atomic E-state index is -4.46. The molecule has 29 heavy (non-hydrogen) atoms. The zero-order valence-electron chi connectivity index (χ0n) is 15.9. The summed E-state index contributed by atoms with van der Waals surface area (Å²) >= 11 is 0. The molecule has 0 saturated heterocycles. The fourth-order valence-electron chi connectivity index (χ4n) is 2.80. The molecule has 0 aliphatic rings. The number of benzene rings is 2. The third-order valence-corrected chi connectivity index (χ3v) is 4.45. The lowest BCUT2D eigenvalue weighted by Gasteiger charge is -2.14. The van der Waals surface area contributed by atoms with Crippen molar-refractivity contribution in [3.8, 4) is 11.4 Å². The van der Waals surface area contributed by atoms with Gasteiger partial charge in [-0.05, 0) is 41.8 Å². The van der Waals surface area contributed by atoms with Crippen molar-refractivity contribution in [2.75, 3.05) is 0 Å². The average Bonchev–Trinajstić information content (AvgIpc) is 3.15. The number of nitrogens with zero attached hydrogens (tertiary/aromatic N) is 4. The van der Waals surface area contributed by atoms with Gasteiger partial charge in [-0.25, -0.2) is 0 Å². The number of carbonyl (C=O) groups excluding carboxylic acids is 1. The fourth-order valence-corrected chi connectivity index (χ4v) is 2.80. The number of aromatic nitrogens is 4. The molecule has 3 aromatic rings. The van der Waals surface area contributed by atoms with Gasteiger partial charge in [0, 0.05) is 5.56 Å². The number of halogens is 3. The minimum Gasteiger partial charge on any atom is -0.348 e. The van der Waals surface area contributed by atoms with Crippen LogP contribution in [0.25, 0.3) is 11.4 Å². The first-order chi connectivity index (χ1) is 13.8. The second-order valence-corrected chi connectivity index (χ2v) is 6.61. The van der Waals surface area contributed by atoms with E-state index >= 15 is 0 Å². The van der Waals surface area contributed by atoms with E-state index in [1.165, 1.54) is 17.7 Å². The van der Waals surface area contributed by atoms with Gasteiger partial charge in [0.05, 0.1) is 11.6 Å². The molecule has 1 heterocycles. The summed E-state index contributed by atoms with van der Waals surface area (Å²) in [6.07, 6.45) is -3.52. The Morgan fingerprint density at radius 2 is 1.90 bits per heavy atom. The first kappa shape index (κ1) is 20.5. The van der Waals surface area contributed by atoms with E-state index in [0.717, 1.165) is 28.9 Å². The van der Waals surface area contributed by atoms with Crippen LogP contribution in [0.2, 0.25) is 0 Å². The van der Waals surface area contributed by atoms with E-state index in [0.29, 0.717) is 0 Å². The Morgan fingerprint density at radius 1 is 1.17 bits per heavy atom. The van der Waals surface area contributed by atoms with Crippen molar-refractivity contribution in [2.45, 2.75) is 39.0 Å². The maximum atomic E-state index is 12.8. The molecule has 9 heteroatoms. The van der Waals surface area contributed by atoms with Gasteiger partial charge in [0.25, 0.3) is 0 Å². The molecule has 3 rings (SSSR count). The standard InChI is InChI=1S/C20H20F3N5O/c1-3-14-7-9-15(10-8-14)13(2)24-18(29)12-28-26-19(25-27-28)16-5-4-6-17(11-16)20(21,22)23/h4-11,13H,3,12H2,1-2H3,(H,24,29)/t13-/m1/s1. The molecule has 0 fully saturated rings. The van der Waals surface area contributed by atoms with Gasteiger partial charge in [-0.3, -0.25) is 4.79 Å². The predicted molar refractivity (Wildman–Crippen MR) is 101 cm³/mol. The molecule has 0 unspecified atom stereocenters. The van der Waals surface area contributed by atoms with Gasteiger partial charge >= 0.3 is 6.18 Å². The van der Waals surface area contributed by atoms with Gasteiger partial charge in [0.2, 0.25) is 11.7 Å². The largest absolute Gasteiger partial charge is 0.416 e. The van der Waals surface area contributed by atoms with Crippen molar-refractivity contribution in [2.24, 2.45) is 0 Å². The molecule has 0 spiro atoms. The molecule has 0 bridgehead atoms. The van der Waals surface area contributed by atoms with Crippen molar-refractivity contribution in [1.82, 2.24) is 25.5 Å². The highest BCUT2D eigenvalue weighted by Crippen LogP contribution is 2.31. The summed E-state index contributed by atoms with van der Waals surface area (Å²) in [5, 5.41) is 14.4. The van der Waals surface area contributed by atoms with Gasteiger partial charge in [0.1, 0.15) is 6.54 Å². The van der Waals surface area contributed by atoms with Crippen LogP contribution in [0.4, 0.5) is 13.2 Å². The van der Waals surface area contributed by atoms with Crippen LogP contribution in [0.3, 0.4) is 0 Å². The molecule has 1 atom stereocenters. The molecule has 1 amide bonds. The number of tetrazole rings is 1. The van der Waals surface area contributed by atoms with Gasteiger partial charge < -0.3 is 5.32 Å². The third-order valence-electron chi connectivity index (χ3n) is 4.45. The lowest BCUT2D eigenvalue weighted by atomic mass is 10.1. The molecule has 152 valence electrons. The average molecular weight is 403 g/mol. The fraction of sp³-hybridized carbons (Fsp3) is 0.300. The monoisotopic (exact) mass is 403 g/mol. The maximum Gasteiger partial charge on any atom is 0.416 e. The van der Waals surface area contributed by atoms with Crippen molar-refractivity contribution in [1.29, 1.82) is 0 Å². The topological polar surface area (TPSA) is 72.7 Å². The van der Waals surface area contributed by atoms with Crippen LogP contribution >= 0.6 is 0 Å². The number of alkyl halides is 3. The Balaban J connectivity index is 1.64. The molecular weight excluding hydrogens is 383 g/mol. The van der Waals surface area contributed by atoms with E-state index in [2.05, 4.69) is 27.7 Å². The molecule has 0 aliphatic carbocycles. The highest BCUT2D eigenvalue weighted by Gasteiger charge is 2.30. The molecule has 6 nitrogen and oxygen atoms in total. The summed E-state index contributed by atoms with van der Waals surface area (Å²) in [4.78, 5) is 13.3. The Morgan fingerprint density at radius 3 is 2.55 bits per heavy atom. The highest BCUT2D eigenvalue weighted by molar-refractivity contribution is 5.76. The van der Waals surface area contributed by atoms with Crippen LogP contribution in [-0.4, -0.2) is 26.1 Å². The lowest BCUT2D eigenvalue weighted by molar-refractivity contribution is -0.137. The van der Waals surface area contributed by atoms with Gasteiger partial charge in [-0.15, -0.1) is 10.2 Å². The highest BCUT2D eigenvalue weighted by atomic mass is 19.4. The summed E-state index contributed by atoms with van der Waals surface area (Å²) in [7, 11) is 0. The number of carbonyl (C=O) groups is 1. The Labute approximate surface area is 165 Å². The van der Waals surface area contributed by atoms with Crippen molar-refractivity contribution >= 4 is 5.91 Å². The predicted octanol–water partition coefficient (Wildman–Crippen LogP) is 3.80. The van der Waals surface area contributed by atoms with E-state index in [4.69, 9.17) is 0 Å². The maximum absolute atomic E-state index is 12.8. The zero-order chi connectivity index (χ0) is 21.0. The van der Waals surface area contributed by atoms with Crippen molar-refractivity contribution in [3.63, 3.8) is 0 Å². The molecule has 0 aliphatic heterocycles. The number of amides is 1. The molecule has 2 aromatic carbocycles. The van der Waals surface area contributed by atoms with Crippen LogP contribution in [0, 0.1) is 0 Å². The smallest absolute Gasteiger partial charge is 0.348 e. The summed E-state index contributed by atoms with van der Waals surface area (Å²) in [5.41, 5.74) is 1.55. The summed E-state index contributed by atoms with van der Waals surface area (Å²) in [6.45, 7) is 3.74. The van der Waals surface area contributed by atoms with Crippen molar-refractivity contribution < 1.29 is 18.0 Å². The Kier molecular flexibility index (Phi) is 5.95. The van der Waals surface area contributed by atoms with E-state index in [1.807, 2.05) is 31.2 Å². The van der Waals surface area contributed by atoms with E-state index in [1.54, 1.807) is 0 Å². The number of nitrogens with one attached hydrogen (secondary N) is 1. The van der Waals surface area contributed by atoms with Gasteiger partial charge in [-0.2, -0.15) is 18.0 Å². The van der Waals surface area contributed by atoms with Crippen LogP contribution in [-0.2, 0) is 23.9 Å². The minimum absolute atomic E-state index is 0.0205. The Bertz CT molecular complexity index is 982. The summed E-state index contributed by atoms with van der Waals surface area (Å²) < 4.78 is 38.5. The van der Waals surface area contributed by atoms with Crippen LogP contribution < -0.4 is 5.32 Å². The molecular formula is C20H20F3N5O. The number of hydrogen-bond acceptors (Lipinski definition) is 4. The van der Waals surface area contributed by atoms with Crippen LogP contribution in [0.5, 0.6) is 0 Å². The van der Waals surface area contributed by atoms with E-state index in [-0.39, 0.29) is 29.9 Å². The van der Waals surface area contributed by atoms with E-state index < -0.39 is 11.7 Å². The first-order valence-electron chi connectivity index (χ1n) is 9.10. The second kappa shape index (κ2) is 8.42. The third kappa shape index (κ3) is 5.18. The SMILES string of the molecule is CCc1ccc([C@@H](C)NC(=O)Cn2nnc(-c3cccc(C(F)(F)F)c3)n2)cc1.